The normalized spacial score (nSPS) is 16.7. The summed E-state index contributed by atoms with van der Waals surface area (Å²) in [6, 6.07) is 2.11. The maximum atomic E-state index is 13.7. The first kappa shape index (κ1) is 42.5. The maximum absolute atomic E-state index is 13.7. The number of aromatic nitrogens is 5. The molecule has 4 amide bonds. The lowest BCUT2D eigenvalue weighted by Gasteiger charge is -2.49. The molecular formula is C32H34ClN11O10S3. The Kier molecular flexibility index (Phi) is 12.5. The third-order valence-corrected chi connectivity index (χ3v) is 11.7. The molecule has 1 saturated heterocycles. The molecule has 2 atom stereocenters. The molecule has 4 aromatic rings. The average molecular weight is 864 g/mol. The molecule has 0 aliphatic carbocycles. The number of thioether (sulfide) groups is 2. The number of β-lactam (4-membered cyclic amide) rings is 1. The Balaban J connectivity index is 0.00000620. The number of carbonyl (C=O) groups is 5. The van der Waals surface area contributed by atoms with Crippen LogP contribution in [0.3, 0.4) is 0 Å². The number of aryl methyl sites for hydroxylation is 1. The number of aliphatic hydroxyl groups is 1. The first-order valence-electron chi connectivity index (χ1n) is 16.3. The van der Waals surface area contributed by atoms with E-state index >= 15 is 0 Å². The number of fused-ring (bicyclic) bond motifs is 2. The smallest absolute Gasteiger partial charge is 0.352 e. The van der Waals surface area contributed by atoms with E-state index in [1.165, 1.54) is 53.3 Å². The Hall–Kier alpha value is -5.69. The van der Waals surface area contributed by atoms with Gasteiger partial charge in [-0.05, 0) is 51.5 Å². The summed E-state index contributed by atoms with van der Waals surface area (Å²) in [5, 5.41) is 51.0. The zero-order valence-corrected chi connectivity index (χ0v) is 33.4. The van der Waals surface area contributed by atoms with E-state index in [9.17, 15) is 44.4 Å². The molecule has 57 heavy (non-hydrogen) atoms. The molecule has 1 unspecified atom stereocenters. The van der Waals surface area contributed by atoms with Gasteiger partial charge in [-0.1, -0.05) is 5.16 Å². The van der Waals surface area contributed by atoms with Gasteiger partial charge >= 0.3 is 5.97 Å². The molecule has 5 heterocycles. The fourth-order valence-electron chi connectivity index (χ4n) is 5.30. The highest BCUT2D eigenvalue weighted by Gasteiger charge is 2.54. The lowest BCUT2D eigenvalue weighted by atomic mass is 10.0. The van der Waals surface area contributed by atoms with Gasteiger partial charge in [0.15, 0.2) is 28.2 Å². The number of anilines is 1. The molecule has 25 heteroatoms. The summed E-state index contributed by atoms with van der Waals surface area (Å²) in [6.45, 7) is 5.81. The van der Waals surface area contributed by atoms with E-state index in [-0.39, 0.29) is 57.6 Å². The molecule has 21 nitrogen and oxygen atoms in total. The summed E-state index contributed by atoms with van der Waals surface area (Å²) in [5.41, 5.74) is 9.41. The first-order valence-corrected chi connectivity index (χ1v) is 19.2. The minimum Gasteiger partial charge on any atom is -0.504 e. The second kappa shape index (κ2) is 16.8. The number of hydrogen-bond donors (Lipinski definition) is 8. The highest BCUT2D eigenvalue weighted by Crippen LogP contribution is 2.42. The highest BCUT2D eigenvalue weighted by atomic mass is 35.5. The molecule has 0 saturated carbocycles. The van der Waals surface area contributed by atoms with Crippen LogP contribution in [0.15, 0.2) is 45.0 Å². The number of nitrogens with one attached hydrogen (secondary N) is 3. The number of carbonyl (C=O) groups excluding carboxylic acids is 4. The van der Waals surface area contributed by atoms with Crippen molar-refractivity contribution in [3.8, 4) is 11.5 Å². The molecule has 3 aromatic heterocycles. The number of rotatable bonds is 12. The van der Waals surface area contributed by atoms with Crippen LogP contribution in [0, 0.1) is 13.8 Å². The number of benzene rings is 1. The van der Waals surface area contributed by atoms with E-state index in [1.54, 1.807) is 6.92 Å². The van der Waals surface area contributed by atoms with Crippen molar-refractivity contribution in [3.63, 3.8) is 0 Å². The van der Waals surface area contributed by atoms with Crippen LogP contribution in [0.25, 0.3) is 5.78 Å². The first-order chi connectivity index (χ1) is 26.5. The van der Waals surface area contributed by atoms with Crippen molar-refractivity contribution in [1.82, 2.24) is 45.6 Å². The van der Waals surface area contributed by atoms with Gasteiger partial charge in [-0.15, -0.1) is 52.4 Å². The molecule has 2 aliphatic rings. The maximum Gasteiger partial charge on any atom is 0.352 e. The van der Waals surface area contributed by atoms with Crippen molar-refractivity contribution in [3.05, 3.63) is 63.2 Å². The predicted molar refractivity (Wildman–Crippen MR) is 207 cm³/mol. The molecule has 302 valence electrons. The van der Waals surface area contributed by atoms with Gasteiger partial charge in [0.05, 0.1) is 0 Å². The number of oxime groups is 1. The Morgan fingerprint density at radius 1 is 1.12 bits per heavy atom. The van der Waals surface area contributed by atoms with Crippen molar-refractivity contribution >= 4 is 93.5 Å². The number of nitrogens with zero attached hydrogens (tertiary/aromatic N) is 7. The Morgan fingerprint density at radius 2 is 1.86 bits per heavy atom. The SMILES string of the molecule is Cc1nc2nc(CO)nn2c(SCC2=C(C(=O)O)N3C(=O)C(NC(=O)C(=NOC(C)(C)C(=O)NNC(=O)c4ccc(O)c(O)c4)c4csc(N)n4)[C@@H]3SC2)c1C.Cl. The third-order valence-electron chi connectivity index (χ3n) is 8.44. The molecule has 6 rings (SSSR count). The number of phenols is 2. The van der Waals surface area contributed by atoms with Crippen molar-refractivity contribution < 1.29 is 49.2 Å². The Labute approximate surface area is 340 Å². The number of aliphatic hydroxyl groups excluding tert-OH is 1. The lowest BCUT2D eigenvalue weighted by molar-refractivity contribution is -0.150. The summed E-state index contributed by atoms with van der Waals surface area (Å²) in [6.07, 6.45) is 0. The topological polar surface area (TPSA) is 309 Å². The van der Waals surface area contributed by atoms with Gasteiger partial charge in [0.1, 0.15) is 34.4 Å². The van der Waals surface area contributed by atoms with E-state index in [0.717, 1.165) is 33.9 Å². The van der Waals surface area contributed by atoms with Gasteiger partial charge in [-0.2, -0.15) is 9.50 Å². The van der Waals surface area contributed by atoms with E-state index in [4.69, 9.17) is 10.6 Å². The molecule has 1 aromatic carbocycles. The number of aromatic hydroxyl groups is 2. The van der Waals surface area contributed by atoms with Crippen molar-refractivity contribution in [2.75, 3.05) is 17.2 Å². The number of nitrogen functional groups attached to an aromatic ring is 1. The van der Waals surface area contributed by atoms with E-state index in [1.807, 2.05) is 6.92 Å². The van der Waals surface area contributed by atoms with Gasteiger partial charge in [0.25, 0.3) is 29.4 Å². The third kappa shape index (κ3) is 8.53. The van der Waals surface area contributed by atoms with Crippen LogP contribution in [0.4, 0.5) is 5.13 Å². The number of carboxylic acids is 1. The number of amides is 4. The van der Waals surface area contributed by atoms with Crippen LogP contribution in [0.2, 0.25) is 0 Å². The molecule has 0 bridgehead atoms. The van der Waals surface area contributed by atoms with Crippen molar-refractivity contribution in [2.45, 2.75) is 56.3 Å². The minimum atomic E-state index is -1.82. The van der Waals surface area contributed by atoms with E-state index in [0.29, 0.717) is 16.3 Å². The molecule has 2 aliphatic heterocycles. The molecule has 0 radical (unpaired) electrons. The quantitative estimate of drug-likeness (QED) is 0.0241. The van der Waals surface area contributed by atoms with Crippen LogP contribution >= 0.6 is 47.3 Å². The highest BCUT2D eigenvalue weighted by molar-refractivity contribution is 8.01. The Bertz CT molecular complexity index is 2370. The number of carboxylic acid groups (broad SMARTS) is 1. The zero-order valence-electron chi connectivity index (χ0n) is 30.2. The predicted octanol–water partition coefficient (Wildman–Crippen LogP) is 0.597. The number of halogens is 1. The van der Waals surface area contributed by atoms with Gasteiger partial charge in [-0.3, -0.25) is 34.9 Å². The number of nitrogens with two attached hydrogens (primary N) is 1. The second-order valence-electron chi connectivity index (χ2n) is 12.7. The molecule has 0 spiro atoms. The zero-order chi connectivity index (χ0) is 40.6. The summed E-state index contributed by atoms with van der Waals surface area (Å²) in [5.74, 6) is -4.85. The van der Waals surface area contributed by atoms with Crippen LogP contribution in [-0.2, 0) is 30.6 Å². The fraction of sp³-hybridized carbons (Fsp3) is 0.312. The van der Waals surface area contributed by atoms with Crippen LogP contribution in [-0.4, -0.2) is 114 Å². The Morgan fingerprint density at radius 3 is 2.51 bits per heavy atom. The number of aliphatic carboxylic acids is 1. The molecular weight excluding hydrogens is 830 g/mol. The van der Waals surface area contributed by atoms with E-state index < -0.39 is 70.4 Å². The minimum absolute atomic E-state index is 0. The fourth-order valence-corrected chi connectivity index (χ4v) is 8.48. The lowest BCUT2D eigenvalue weighted by Crippen LogP contribution is -2.71. The summed E-state index contributed by atoms with van der Waals surface area (Å²) >= 11 is 3.51. The monoisotopic (exact) mass is 863 g/mol. The van der Waals surface area contributed by atoms with Gasteiger partial charge in [-0.25, -0.2) is 14.8 Å². The summed E-state index contributed by atoms with van der Waals surface area (Å²) in [4.78, 5) is 84.4. The van der Waals surface area contributed by atoms with Crippen molar-refractivity contribution in [1.29, 1.82) is 0 Å². The standard InChI is InChI=1S/C32H33N11O10S3.ClH/c1-12-13(2)34-31-36-19(8-44)40-43(31)26(12)54-9-15-10-55-27-21(25(49)42(27)22(15)28(50)51)37-24(48)20(16-11-56-30(33)35-16)41-53-32(3,4)29(52)39-38-23(47)14-5-6-17(45)18(46)7-14;/h5-7,11,21,27,44-46H,8-10H2,1-4H3,(H2,33,35)(H,37,48)(H,38,47)(H,39,52)(H,50,51);1H/t21?,27-;/m0./s1. The van der Waals surface area contributed by atoms with Gasteiger partial charge in [0, 0.05) is 33.7 Å². The molecule has 1 fully saturated rings. The van der Waals surface area contributed by atoms with Crippen LogP contribution in [0.1, 0.15) is 47.0 Å². The van der Waals surface area contributed by atoms with Crippen LogP contribution < -0.4 is 21.9 Å². The number of hydrogen-bond acceptors (Lipinski definition) is 18. The molecule has 9 N–H and O–H groups in total. The van der Waals surface area contributed by atoms with E-state index in [2.05, 4.69) is 41.4 Å². The van der Waals surface area contributed by atoms with Gasteiger partial charge in [0.2, 0.25) is 5.60 Å². The van der Waals surface area contributed by atoms with Crippen molar-refractivity contribution in [2.24, 2.45) is 5.16 Å². The number of phenolic OH excluding ortho intramolecular Hbond substituents is 2. The summed E-state index contributed by atoms with van der Waals surface area (Å²) < 4.78 is 1.48. The average Bonchev–Trinajstić information content (AvgIpc) is 3.78. The second-order valence-corrected chi connectivity index (χ2v) is 15.6. The van der Waals surface area contributed by atoms with Gasteiger partial charge < -0.3 is 36.3 Å². The van der Waals surface area contributed by atoms with Crippen LogP contribution in [0.5, 0.6) is 11.5 Å². The summed E-state index contributed by atoms with van der Waals surface area (Å²) in [7, 11) is 0. The largest absolute Gasteiger partial charge is 0.504 e. The number of thiazole rings is 1. The number of hydrazine groups is 1.